The number of carbonyl (C=O) groups excluding carboxylic acids is 1. The Kier molecular flexibility index (Phi) is 6.96. The highest BCUT2D eigenvalue weighted by Gasteiger charge is 2.34. The van der Waals surface area contributed by atoms with Crippen molar-refractivity contribution in [3.05, 3.63) is 87.9 Å². The Morgan fingerprint density at radius 3 is 2.52 bits per heavy atom. The molecule has 0 spiro atoms. The van der Waals surface area contributed by atoms with Crippen LogP contribution in [0.1, 0.15) is 23.4 Å². The normalized spacial score (nSPS) is 15.9. The van der Waals surface area contributed by atoms with Gasteiger partial charge in [-0.2, -0.15) is 0 Å². The number of benzene rings is 3. The second-order valence-electron chi connectivity index (χ2n) is 6.92. The van der Waals surface area contributed by atoms with Crippen LogP contribution in [-0.2, 0) is 11.4 Å². The Hall–Kier alpha value is -2.34. The second kappa shape index (κ2) is 9.86. The summed E-state index contributed by atoms with van der Waals surface area (Å²) in [6.45, 7) is 2.77. The summed E-state index contributed by atoms with van der Waals surface area (Å²) in [4.78, 5) is 14.4. The summed E-state index contributed by atoms with van der Waals surface area (Å²) >= 11 is 13.8. The molecule has 31 heavy (non-hydrogen) atoms. The van der Waals surface area contributed by atoms with Crippen LogP contribution in [0, 0.1) is 0 Å². The van der Waals surface area contributed by atoms with E-state index in [2.05, 4.69) is 0 Å². The molecule has 3 aromatic rings. The van der Waals surface area contributed by atoms with Crippen LogP contribution in [0.2, 0.25) is 10.0 Å². The van der Waals surface area contributed by atoms with Crippen LogP contribution in [0.15, 0.2) is 66.7 Å². The highest BCUT2D eigenvalue weighted by molar-refractivity contribution is 8.00. The number of rotatable bonds is 7. The lowest BCUT2D eigenvalue weighted by Gasteiger charge is -2.25. The molecule has 4 nitrogen and oxygen atoms in total. The van der Waals surface area contributed by atoms with E-state index in [1.807, 2.05) is 61.5 Å². The Labute approximate surface area is 196 Å². The van der Waals surface area contributed by atoms with Crippen LogP contribution in [0.3, 0.4) is 0 Å². The molecule has 0 aliphatic carbocycles. The minimum Gasteiger partial charge on any atom is -0.490 e. The molecule has 0 N–H and O–H groups in total. The lowest BCUT2D eigenvalue weighted by Crippen LogP contribution is -2.27. The fourth-order valence-electron chi connectivity index (χ4n) is 3.39. The van der Waals surface area contributed by atoms with Crippen molar-refractivity contribution in [3.63, 3.8) is 0 Å². The molecule has 4 rings (SSSR count). The topological polar surface area (TPSA) is 38.8 Å². The predicted octanol–water partition coefficient (Wildman–Crippen LogP) is 6.75. The lowest BCUT2D eigenvalue weighted by molar-refractivity contribution is -0.115. The number of carbonyl (C=O) groups is 1. The molecular weight excluding hydrogens is 453 g/mol. The van der Waals surface area contributed by atoms with E-state index < -0.39 is 0 Å². The van der Waals surface area contributed by atoms with Gasteiger partial charge >= 0.3 is 0 Å². The lowest BCUT2D eigenvalue weighted by atomic mass is 10.1. The van der Waals surface area contributed by atoms with Crippen LogP contribution >= 0.6 is 35.0 Å². The van der Waals surface area contributed by atoms with Gasteiger partial charge in [0, 0.05) is 21.3 Å². The molecule has 0 aromatic heterocycles. The quantitative estimate of drug-likeness (QED) is 0.380. The summed E-state index contributed by atoms with van der Waals surface area (Å²) in [7, 11) is 0. The van der Waals surface area contributed by atoms with Gasteiger partial charge in [-0.1, -0.05) is 47.5 Å². The van der Waals surface area contributed by atoms with E-state index in [1.165, 1.54) is 0 Å². The predicted molar refractivity (Wildman–Crippen MR) is 128 cm³/mol. The van der Waals surface area contributed by atoms with Crippen molar-refractivity contribution < 1.29 is 14.3 Å². The molecule has 3 aromatic carbocycles. The first kappa shape index (κ1) is 21.9. The SMILES string of the molecule is CCOc1cc([C@H]2SCC(=O)N2c2ccc(Cl)cc2)ccc1OCc1ccccc1Cl. The molecule has 1 amide bonds. The first-order valence-corrected chi connectivity index (χ1v) is 11.7. The molecule has 7 heteroatoms. The van der Waals surface area contributed by atoms with E-state index in [0.29, 0.717) is 40.5 Å². The fraction of sp³-hybridized carbons (Fsp3) is 0.208. The largest absolute Gasteiger partial charge is 0.490 e. The molecular formula is C24H21Cl2NO3S. The van der Waals surface area contributed by atoms with Gasteiger partial charge in [0.2, 0.25) is 5.91 Å². The average molecular weight is 474 g/mol. The van der Waals surface area contributed by atoms with Crippen LogP contribution in [0.5, 0.6) is 11.5 Å². The van der Waals surface area contributed by atoms with Crippen molar-refractivity contribution in [2.45, 2.75) is 18.9 Å². The Balaban J connectivity index is 1.59. The number of halogens is 2. The summed E-state index contributed by atoms with van der Waals surface area (Å²) in [5.41, 5.74) is 2.70. The van der Waals surface area contributed by atoms with E-state index >= 15 is 0 Å². The molecule has 1 fully saturated rings. The minimum atomic E-state index is -0.148. The molecule has 1 heterocycles. The maximum atomic E-state index is 12.6. The zero-order valence-electron chi connectivity index (χ0n) is 16.9. The molecule has 1 atom stereocenters. The Morgan fingerprint density at radius 2 is 1.77 bits per heavy atom. The molecule has 0 unspecified atom stereocenters. The number of nitrogens with zero attached hydrogens (tertiary/aromatic N) is 1. The Bertz CT molecular complexity index is 1070. The first-order chi connectivity index (χ1) is 15.1. The summed E-state index contributed by atoms with van der Waals surface area (Å²) in [5, 5.41) is 1.15. The van der Waals surface area contributed by atoms with Crippen molar-refractivity contribution in [1.29, 1.82) is 0 Å². The van der Waals surface area contributed by atoms with Crippen molar-refractivity contribution in [3.8, 4) is 11.5 Å². The van der Waals surface area contributed by atoms with Crippen molar-refractivity contribution in [1.82, 2.24) is 0 Å². The minimum absolute atomic E-state index is 0.0642. The summed E-state index contributed by atoms with van der Waals surface area (Å²) < 4.78 is 11.9. The van der Waals surface area contributed by atoms with Gasteiger partial charge in [0.1, 0.15) is 12.0 Å². The number of ether oxygens (including phenoxy) is 2. The smallest absolute Gasteiger partial charge is 0.238 e. The first-order valence-electron chi connectivity index (χ1n) is 9.89. The van der Waals surface area contributed by atoms with Crippen molar-refractivity contribution in [2.75, 3.05) is 17.3 Å². The highest BCUT2D eigenvalue weighted by Crippen LogP contribution is 2.44. The third-order valence-corrected chi connectivity index (χ3v) is 6.70. The maximum Gasteiger partial charge on any atom is 0.238 e. The molecule has 0 saturated carbocycles. The molecule has 1 saturated heterocycles. The van der Waals surface area contributed by atoms with E-state index in [4.69, 9.17) is 32.7 Å². The van der Waals surface area contributed by atoms with Crippen LogP contribution in [-0.4, -0.2) is 18.3 Å². The van der Waals surface area contributed by atoms with Gasteiger partial charge < -0.3 is 9.47 Å². The van der Waals surface area contributed by atoms with Gasteiger partial charge in [-0.15, -0.1) is 11.8 Å². The average Bonchev–Trinajstić information content (AvgIpc) is 3.16. The number of anilines is 1. The number of hydrogen-bond donors (Lipinski definition) is 0. The zero-order chi connectivity index (χ0) is 21.8. The van der Waals surface area contributed by atoms with Crippen LogP contribution < -0.4 is 14.4 Å². The number of amides is 1. The monoisotopic (exact) mass is 473 g/mol. The molecule has 0 radical (unpaired) electrons. The van der Waals surface area contributed by atoms with E-state index in [1.54, 1.807) is 28.8 Å². The number of thioether (sulfide) groups is 1. The van der Waals surface area contributed by atoms with E-state index in [-0.39, 0.29) is 11.3 Å². The third-order valence-electron chi connectivity index (χ3n) is 4.87. The molecule has 1 aliphatic heterocycles. The van der Waals surface area contributed by atoms with Crippen LogP contribution in [0.25, 0.3) is 0 Å². The van der Waals surface area contributed by atoms with Gasteiger partial charge in [0.05, 0.1) is 12.4 Å². The fourth-order valence-corrected chi connectivity index (χ4v) is 4.87. The molecule has 1 aliphatic rings. The summed E-state index contributed by atoms with van der Waals surface area (Å²) in [6, 6.07) is 20.7. The van der Waals surface area contributed by atoms with Crippen molar-refractivity contribution in [2.24, 2.45) is 0 Å². The van der Waals surface area contributed by atoms with Gasteiger partial charge in [0.25, 0.3) is 0 Å². The molecule has 160 valence electrons. The highest BCUT2D eigenvalue weighted by atomic mass is 35.5. The number of hydrogen-bond acceptors (Lipinski definition) is 4. The second-order valence-corrected chi connectivity index (χ2v) is 8.83. The van der Waals surface area contributed by atoms with Crippen molar-refractivity contribution >= 4 is 46.6 Å². The van der Waals surface area contributed by atoms with Gasteiger partial charge in [-0.05, 0) is 55.0 Å². The Morgan fingerprint density at radius 1 is 1.00 bits per heavy atom. The van der Waals surface area contributed by atoms with Gasteiger partial charge in [-0.25, -0.2) is 0 Å². The molecule has 0 bridgehead atoms. The van der Waals surface area contributed by atoms with E-state index in [9.17, 15) is 4.79 Å². The van der Waals surface area contributed by atoms with Gasteiger partial charge in [-0.3, -0.25) is 9.69 Å². The van der Waals surface area contributed by atoms with Crippen LogP contribution in [0.4, 0.5) is 5.69 Å². The van der Waals surface area contributed by atoms with Gasteiger partial charge in [0.15, 0.2) is 11.5 Å². The third kappa shape index (κ3) is 4.95. The standard InChI is InChI=1S/C24H21Cl2NO3S/c1-2-29-22-13-16(7-12-21(22)30-14-17-5-3-4-6-20(17)26)24-27(23(28)15-31-24)19-10-8-18(25)9-11-19/h3-13,24H,2,14-15H2,1H3/t24-/m1/s1. The maximum absolute atomic E-state index is 12.6. The zero-order valence-corrected chi connectivity index (χ0v) is 19.2. The summed E-state index contributed by atoms with van der Waals surface area (Å²) in [6.07, 6.45) is 0. The van der Waals surface area contributed by atoms with E-state index in [0.717, 1.165) is 16.8 Å². The summed E-state index contributed by atoms with van der Waals surface area (Å²) in [5.74, 6) is 1.76.